The number of aromatic nitrogens is 1. The third kappa shape index (κ3) is 5.20. The molecule has 1 aliphatic carbocycles. The van der Waals surface area contributed by atoms with E-state index in [0.717, 1.165) is 5.56 Å². The summed E-state index contributed by atoms with van der Waals surface area (Å²) in [5, 5.41) is 2.93. The van der Waals surface area contributed by atoms with Crippen molar-refractivity contribution in [3.05, 3.63) is 54.4 Å². The molecule has 2 atom stereocenters. The minimum Gasteiger partial charge on any atom is -0.489 e. The van der Waals surface area contributed by atoms with Crippen LogP contribution in [0.1, 0.15) is 32.8 Å². The molecule has 1 heterocycles. The Morgan fingerprint density at radius 3 is 2.66 bits per heavy atom. The second-order valence-electron chi connectivity index (χ2n) is 7.47. The first-order valence-corrected chi connectivity index (χ1v) is 9.20. The van der Waals surface area contributed by atoms with Gasteiger partial charge in [-0.3, -0.25) is 9.78 Å². The minimum absolute atomic E-state index is 0. The number of benzene rings is 1. The Kier molecular flexibility index (Phi) is 8.90. The van der Waals surface area contributed by atoms with E-state index in [1.165, 1.54) is 0 Å². The van der Waals surface area contributed by atoms with Gasteiger partial charge >= 0.3 is 0 Å². The van der Waals surface area contributed by atoms with Gasteiger partial charge in [0.05, 0.1) is 6.10 Å². The molecule has 1 aromatic heterocycles. The molecule has 0 spiro atoms. The van der Waals surface area contributed by atoms with Crippen molar-refractivity contribution in [2.24, 2.45) is 11.1 Å². The first kappa shape index (κ1) is 25.2. The summed E-state index contributed by atoms with van der Waals surface area (Å²) < 4.78 is 11.5. The summed E-state index contributed by atoms with van der Waals surface area (Å²) in [7, 11) is 0. The van der Waals surface area contributed by atoms with Crippen LogP contribution < -0.4 is 15.8 Å². The van der Waals surface area contributed by atoms with Gasteiger partial charge in [0, 0.05) is 48.2 Å². The van der Waals surface area contributed by atoms with Crippen molar-refractivity contribution in [1.29, 1.82) is 0 Å². The minimum atomic E-state index is -0.959. The van der Waals surface area contributed by atoms with Gasteiger partial charge in [-0.15, -0.1) is 24.8 Å². The molecule has 1 saturated carbocycles. The molecular weight excluding hydrogens is 413 g/mol. The number of anilines is 1. The highest BCUT2D eigenvalue weighted by molar-refractivity contribution is 5.99. The molecule has 160 valence electrons. The predicted octanol–water partition coefficient (Wildman–Crippen LogP) is 3.98. The fourth-order valence-electron chi connectivity index (χ4n) is 3.38. The number of ether oxygens (including phenoxy) is 2. The monoisotopic (exact) mass is 441 g/mol. The van der Waals surface area contributed by atoms with Gasteiger partial charge < -0.3 is 20.5 Å². The van der Waals surface area contributed by atoms with E-state index in [1.54, 1.807) is 18.5 Å². The van der Waals surface area contributed by atoms with E-state index in [0.29, 0.717) is 31.1 Å². The van der Waals surface area contributed by atoms with Crippen LogP contribution in [0.25, 0.3) is 0 Å². The van der Waals surface area contributed by atoms with Crippen molar-refractivity contribution < 1.29 is 14.3 Å². The fraction of sp³-hybridized carbons (Fsp3) is 0.429. The third-order valence-electron chi connectivity index (χ3n) is 5.46. The van der Waals surface area contributed by atoms with Gasteiger partial charge in [-0.2, -0.15) is 0 Å². The number of nitrogens with two attached hydrogens (primary N) is 1. The average Bonchev–Trinajstić information content (AvgIpc) is 2.67. The van der Waals surface area contributed by atoms with Crippen LogP contribution in [0.2, 0.25) is 0 Å². The van der Waals surface area contributed by atoms with Crippen LogP contribution in [0.4, 0.5) is 5.69 Å². The molecule has 0 radical (unpaired) electrons. The molecule has 1 fully saturated rings. The Morgan fingerprint density at radius 2 is 2.03 bits per heavy atom. The number of hydrogen-bond donors (Lipinski definition) is 2. The molecule has 0 aliphatic heterocycles. The fourth-order valence-corrected chi connectivity index (χ4v) is 3.38. The van der Waals surface area contributed by atoms with Crippen LogP contribution in [-0.2, 0) is 16.1 Å². The maximum absolute atomic E-state index is 12.8. The summed E-state index contributed by atoms with van der Waals surface area (Å²) in [6, 6.07) is 11.1. The maximum Gasteiger partial charge on any atom is 0.245 e. The molecule has 1 aliphatic rings. The number of pyridine rings is 1. The van der Waals surface area contributed by atoms with Gasteiger partial charge in [0.2, 0.25) is 5.91 Å². The summed E-state index contributed by atoms with van der Waals surface area (Å²) in [6.07, 6.45) is 3.99. The Labute approximate surface area is 184 Å². The first-order chi connectivity index (χ1) is 12.9. The Bertz CT molecular complexity index is 805. The molecule has 3 N–H and O–H groups in total. The molecule has 29 heavy (non-hydrogen) atoms. The van der Waals surface area contributed by atoms with Crippen LogP contribution in [0, 0.1) is 5.41 Å². The highest BCUT2D eigenvalue weighted by atomic mass is 35.5. The second kappa shape index (κ2) is 10.3. The largest absolute Gasteiger partial charge is 0.489 e. The van der Waals surface area contributed by atoms with Crippen LogP contribution in [0.5, 0.6) is 5.75 Å². The SMILES string of the molecule is CCOC1CC(N)(C(=O)Nc2cccc(OCc3cccnc3)c2)C1(C)C.Cl.Cl. The van der Waals surface area contributed by atoms with Crippen molar-refractivity contribution in [3.63, 3.8) is 0 Å². The summed E-state index contributed by atoms with van der Waals surface area (Å²) in [4.78, 5) is 16.9. The van der Waals surface area contributed by atoms with E-state index < -0.39 is 11.0 Å². The Balaban J connectivity index is 0.00000210. The normalized spacial score (nSPS) is 21.7. The molecule has 1 amide bonds. The van der Waals surface area contributed by atoms with Gasteiger partial charge in [0.15, 0.2) is 0 Å². The third-order valence-corrected chi connectivity index (χ3v) is 5.46. The zero-order valence-corrected chi connectivity index (χ0v) is 18.5. The number of nitrogens with zero attached hydrogens (tertiary/aromatic N) is 1. The van der Waals surface area contributed by atoms with Crippen LogP contribution in [-0.4, -0.2) is 29.1 Å². The van der Waals surface area contributed by atoms with Gasteiger partial charge in [-0.25, -0.2) is 0 Å². The highest BCUT2D eigenvalue weighted by Gasteiger charge is 2.62. The molecule has 0 saturated heterocycles. The van der Waals surface area contributed by atoms with Crippen molar-refractivity contribution in [1.82, 2.24) is 4.98 Å². The van der Waals surface area contributed by atoms with E-state index >= 15 is 0 Å². The summed E-state index contributed by atoms with van der Waals surface area (Å²) in [5.74, 6) is 0.468. The summed E-state index contributed by atoms with van der Waals surface area (Å²) in [5.41, 5.74) is 6.68. The molecule has 1 aromatic carbocycles. The Morgan fingerprint density at radius 1 is 1.28 bits per heavy atom. The van der Waals surface area contributed by atoms with Crippen molar-refractivity contribution in [2.45, 2.75) is 45.4 Å². The lowest BCUT2D eigenvalue weighted by molar-refractivity contribution is -0.166. The van der Waals surface area contributed by atoms with Crippen LogP contribution >= 0.6 is 24.8 Å². The number of carbonyl (C=O) groups is 1. The van der Waals surface area contributed by atoms with Gasteiger partial charge in [-0.05, 0) is 25.1 Å². The quantitative estimate of drug-likeness (QED) is 0.678. The number of amides is 1. The molecule has 2 aromatic rings. The maximum atomic E-state index is 12.8. The van der Waals surface area contributed by atoms with Crippen molar-refractivity contribution in [3.8, 4) is 5.75 Å². The number of rotatable bonds is 7. The van der Waals surface area contributed by atoms with Gasteiger partial charge in [-0.1, -0.05) is 26.0 Å². The molecular formula is C21H29Cl2N3O3. The summed E-state index contributed by atoms with van der Waals surface area (Å²) >= 11 is 0. The van der Waals surface area contributed by atoms with E-state index in [4.69, 9.17) is 15.2 Å². The van der Waals surface area contributed by atoms with E-state index in [-0.39, 0.29) is 36.8 Å². The molecule has 6 nitrogen and oxygen atoms in total. The zero-order chi connectivity index (χ0) is 19.5. The standard InChI is InChI=1S/C21H27N3O3.2ClH/c1-4-26-18-12-21(22,20(18,2)3)19(25)24-16-8-5-9-17(11-16)27-14-15-7-6-10-23-13-15;;/h5-11,13,18H,4,12,14,22H2,1-3H3,(H,24,25);2*1H. The van der Waals surface area contributed by atoms with Crippen LogP contribution in [0.3, 0.4) is 0 Å². The van der Waals surface area contributed by atoms with E-state index in [2.05, 4.69) is 10.3 Å². The average molecular weight is 442 g/mol. The van der Waals surface area contributed by atoms with Crippen molar-refractivity contribution >= 4 is 36.4 Å². The lowest BCUT2D eigenvalue weighted by atomic mass is 9.54. The topological polar surface area (TPSA) is 86.5 Å². The number of halogens is 2. The lowest BCUT2D eigenvalue weighted by Gasteiger charge is -2.57. The molecule has 8 heteroatoms. The molecule has 3 rings (SSSR count). The second-order valence-corrected chi connectivity index (χ2v) is 7.47. The van der Waals surface area contributed by atoms with E-state index in [9.17, 15) is 4.79 Å². The number of carbonyl (C=O) groups excluding carboxylic acids is 1. The van der Waals surface area contributed by atoms with Crippen LogP contribution in [0.15, 0.2) is 48.8 Å². The smallest absolute Gasteiger partial charge is 0.245 e. The first-order valence-electron chi connectivity index (χ1n) is 9.20. The van der Waals surface area contributed by atoms with E-state index in [1.807, 2.05) is 51.1 Å². The molecule has 2 unspecified atom stereocenters. The number of hydrogen-bond acceptors (Lipinski definition) is 5. The summed E-state index contributed by atoms with van der Waals surface area (Å²) in [6.45, 7) is 6.93. The van der Waals surface area contributed by atoms with Gasteiger partial charge in [0.25, 0.3) is 0 Å². The number of nitrogens with one attached hydrogen (secondary N) is 1. The Hall–Kier alpha value is -1.86. The molecule has 0 bridgehead atoms. The zero-order valence-electron chi connectivity index (χ0n) is 16.9. The van der Waals surface area contributed by atoms with Gasteiger partial charge in [0.1, 0.15) is 17.9 Å². The highest BCUT2D eigenvalue weighted by Crippen LogP contribution is 2.50. The predicted molar refractivity (Wildman–Crippen MR) is 119 cm³/mol. The lowest BCUT2D eigenvalue weighted by Crippen LogP contribution is -2.74. The van der Waals surface area contributed by atoms with Crippen molar-refractivity contribution in [2.75, 3.05) is 11.9 Å².